The van der Waals surface area contributed by atoms with Crippen LogP contribution in [0, 0.1) is 5.82 Å². The van der Waals surface area contributed by atoms with Gasteiger partial charge in [-0.25, -0.2) is 4.39 Å². The van der Waals surface area contributed by atoms with E-state index >= 15 is 0 Å². The molecule has 0 bridgehead atoms. The number of hydrogen-bond acceptors (Lipinski definition) is 3. The summed E-state index contributed by atoms with van der Waals surface area (Å²) in [5.74, 6) is -0.286. The number of aromatic amines is 1. The summed E-state index contributed by atoms with van der Waals surface area (Å²) in [6, 6.07) is 11.1. The van der Waals surface area contributed by atoms with Crippen molar-refractivity contribution in [3.05, 3.63) is 54.0 Å². The maximum atomic E-state index is 13.4. The fraction of sp³-hybridized carbons (Fsp3) is 0.167. The highest BCUT2D eigenvalue weighted by Crippen LogP contribution is 2.38. The van der Waals surface area contributed by atoms with Gasteiger partial charge in [-0.2, -0.15) is 0 Å². The maximum Gasteiger partial charge on any atom is 0.216 e. The second kappa shape index (κ2) is 5.96. The van der Waals surface area contributed by atoms with Crippen molar-refractivity contribution in [3.63, 3.8) is 0 Å². The molecule has 6 heteroatoms. The highest BCUT2D eigenvalue weighted by atomic mass is 32.2. The van der Waals surface area contributed by atoms with E-state index in [2.05, 4.69) is 33.2 Å². The Bertz CT molecular complexity index is 937. The summed E-state index contributed by atoms with van der Waals surface area (Å²) in [5, 5.41) is 3.85. The van der Waals surface area contributed by atoms with Crippen molar-refractivity contribution in [1.82, 2.24) is 15.0 Å². The summed E-state index contributed by atoms with van der Waals surface area (Å²) in [6.45, 7) is 2.07. The second-order valence-electron chi connectivity index (χ2n) is 5.85. The third kappa shape index (κ3) is 2.68. The number of H-pyrrole nitrogens is 1. The number of aromatic nitrogens is 1. The molecule has 1 atom stereocenters. The fourth-order valence-corrected chi connectivity index (χ4v) is 3.95. The number of nitrogens with one attached hydrogen (secondary N) is 3. The van der Waals surface area contributed by atoms with E-state index in [0.29, 0.717) is 6.54 Å². The zero-order valence-corrected chi connectivity index (χ0v) is 13.8. The van der Waals surface area contributed by atoms with Crippen LogP contribution in [0.3, 0.4) is 0 Å². The van der Waals surface area contributed by atoms with Crippen LogP contribution in [-0.4, -0.2) is 17.4 Å². The van der Waals surface area contributed by atoms with E-state index in [1.54, 1.807) is 18.0 Å². The van der Waals surface area contributed by atoms with E-state index in [9.17, 15) is 9.18 Å². The third-order valence-corrected chi connectivity index (χ3v) is 5.20. The monoisotopic (exact) mass is 341 g/mol. The molecular formula is C18H16FN3OS. The van der Waals surface area contributed by atoms with E-state index in [-0.39, 0.29) is 17.8 Å². The van der Waals surface area contributed by atoms with Crippen molar-refractivity contribution in [2.75, 3.05) is 6.54 Å². The molecule has 2 heterocycles. The number of rotatable bonds is 3. The first-order chi connectivity index (χ1) is 11.6. The van der Waals surface area contributed by atoms with Gasteiger partial charge in [0.15, 0.2) is 0 Å². The normalized spacial score (nSPS) is 16.3. The number of amides is 1. The molecule has 0 radical (unpaired) electrons. The van der Waals surface area contributed by atoms with Crippen LogP contribution in [-0.2, 0) is 4.79 Å². The first-order valence-electron chi connectivity index (χ1n) is 7.69. The molecule has 0 fully saturated rings. The quantitative estimate of drug-likeness (QED) is 0.636. The highest BCUT2D eigenvalue weighted by molar-refractivity contribution is 7.97. The minimum Gasteiger partial charge on any atom is -0.360 e. The van der Waals surface area contributed by atoms with Gasteiger partial charge in [-0.15, -0.1) is 0 Å². The van der Waals surface area contributed by atoms with E-state index in [0.717, 1.165) is 22.0 Å². The zero-order valence-electron chi connectivity index (χ0n) is 13.0. The number of carbonyl (C=O) groups excluding carboxylic acids is 1. The Hall–Kier alpha value is -2.31. The molecule has 0 saturated heterocycles. The second-order valence-corrected chi connectivity index (χ2v) is 6.73. The van der Waals surface area contributed by atoms with Gasteiger partial charge in [-0.3, -0.25) is 9.52 Å². The van der Waals surface area contributed by atoms with Crippen LogP contribution < -0.4 is 10.0 Å². The molecule has 4 rings (SSSR count). The Balaban J connectivity index is 1.72. The Morgan fingerprint density at radius 2 is 2.17 bits per heavy atom. The third-order valence-electron chi connectivity index (χ3n) is 4.21. The van der Waals surface area contributed by atoms with Gasteiger partial charge in [0.1, 0.15) is 5.82 Å². The average Bonchev–Trinajstić information content (AvgIpc) is 3.15. The molecule has 1 unspecified atom stereocenters. The van der Waals surface area contributed by atoms with Gasteiger partial charge >= 0.3 is 0 Å². The van der Waals surface area contributed by atoms with Crippen LogP contribution >= 0.6 is 11.9 Å². The predicted octanol–water partition coefficient (Wildman–Crippen LogP) is 3.76. The molecule has 1 aliphatic rings. The molecule has 3 N–H and O–H groups in total. The Labute approximate surface area is 143 Å². The molecular weight excluding hydrogens is 325 g/mol. The lowest BCUT2D eigenvalue weighted by atomic mass is 9.99. The van der Waals surface area contributed by atoms with Crippen LogP contribution in [0.15, 0.2) is 47.5 Å². The Kier molecular flexibility index (Phi) is 3.78. The topological polar surface area (TPSA) is 56.9 Å². The molecule has 24 heavy (non-hydrogen) atoms. The molecule has 1 amide bonds. The van der Waals surface area contributed by atoms with E-state index in [1.807, 2.05) is 6.20 Å². The van der Waals surface area contributed by atoms with Crippen molar-refractivity contribution in [1.29, 1.82) is 0 Å². The first kappa shape index (κ1) is 15.2. The number of halogens is 1. The molecule has 1 aliphatic heterocycles. The number of hydrogen-bond donors (Lipinski definition) is 3. The lowest BCUT2D eigenvalue weighted by Crippen LogP contribution is -2.29. The lowest BCUT2D eigenvalue weighted by molar-refractivity contribution is -0.119. The molecule has 0 spiro atoms. The maximum absolute atomic E-state index is 13.4. The van der Waals surface area contributed by atoms with Crippen molar-refractivity contribution in [2.45, 2.75) is 17.9 Å². The van der Waals surface area contributed by atoms with Gasteiger partial charge in [0.05, 0.1) is 6.04 Å². The molecule has 1 aromatic heterocycles. The van der Waals surface area contributed by atoms with Crippen LogP contribution in [0.5, 0.6) is 0 Å². The minimum atomic E-state index is -0.249. The number of benzene rings is 2. The predicted molar refractivity (Wildman–Crippen MR) is 94.1 cm³/mol. The van der Waals surface area contributed by atoms with Gasteiger partial charge in [0.2, 0.25) is 5.91 Å². The summed E-state index contributed by atoms with van der Waals surface area (Å²) < 4.78 is 16.7. The molecule has 0 saturated carbocycles. The number of carbonyl (C=O) groups is 1. The summed E-state index contributed by atoms with van der Waals surface area (Å²) in [6.07, 6.45) is 1.91. The van der Waals surface area contributed by atoms with Gasteiger partial charge in [-0.1, -0.05) is 6.07 Å². The summed E-state index contributed by atoms with van der Waals surface area (Å²) >= 11 is 1.58. The van der Waals surface area contributed by atoms with Crippen molar-refractivity contribution in [2.24, 2.45) is 0 Å². The van der Waals surface area contributed by atoms with Gasteiger partial charge in [0, 0.05) is 41.0 Å². The Morgan fingerprint density at radius 3 is 3.00 bits per heavy atom. The summed E-state index contributed by atoms with van der Waals surface area (Å²) in [5.41, 5.74) is 4.07. The number of fused-ring (bicyclic) bond motifs is 2. The van der Waals surface area contributed by atoms with Crippen molar-refractivity contribution >= 4 is 28.8 Å². The summed E-state index contributed by atoms with van der Waals surface area (Å²) in [7, 11) is 0. The SMILES string of the molecule is CC(=O)NCC1NSc2ccc(-c3c[nH]c4cc(F)ccc34)cc21. The van der Waals surface area contributed by atoms with Gasteiger partial charge in [0.25, 0.3) is 0 Å². The van der Waals surface area contributed by atoms with Crippen molar-refractivity contribution < 1.29 is 9.18 Å². The smallest absolute Gasteiger partial charge is 0.216 e. The van der Waals surface area contributed by atoms with E-state index in [1.165, 1.54) is 29.5 Å². The van der Waals surface area contributed by atoms with Gasteiger partial charge < -0.3 is 10.3 Å². The fourth-order valence-electron chi connectivity index (χ4n) is 3.01. The Morgan fingerprint density at radius 1 is 1.29 bits per heavy atom. The van der Waals surface area contributed by atoms with E-state index in [4.69, 9.17) is 0 Å². The van der Waals surface area contributed by atoms with E-state index < -0.39 is 0 Å². The minimum absolute atomic E-state index is 0.0370. The standard InChI is InChI=1S/C18H16FN3OS/c1-10(23)20-9-17-14-6-11(2-5-18(14)24-22-17)15-8-21-16-7-12(19)3-4-13(15)16/h2-8,17,21-22H,9H2,1H3,(H,20,23). The molecule has 0 aliphatic carbocycles. The molecule has 2 aromatic carbocycles. The lowest BCUT2D eigenvalue weighted by Gasteiger charge is -2.12. The van der Waals surface area contributed by atoms with Crippen molar-refractivity contribution in [3.8, 4) is 11.1 Å². The molecule has 4 nitrogen and oxygen atoms in total. The average molecular weight is 341 g/mol. The van der Waals surface area contributed by atoms with Crippen LogP contribution in [0.2, 0.25) is 0 Å². The highest BCUT2D eigenvalue weighted by Gasteiger charge is 2.23. The molecule has 122 valence electrons. The first-order valence-corrected chi connectivity index (χ1v) is 8.51. The van der Waals surface area contributed by atoms with Crippen LogP contribution in [0.25, 0.3) is 22.0 Å². The van der Waals surface area contributed by atoms with Crippen LogP contribution in [0.4, 0.5) is 4.39 Å². The van der Waals surface area contributed by atoms with Gasteiger partial charge in [-0.05, 0) is 53.4 Å². The molecule has 3 aromatic rings. The largest absolute Gasteiger partial charge is 0.360 e. The summed E-state index contributed by atoms with van der Waals surface area (Å²) in [4.78, 5) is 15.5. The zero-order chi connectivity index (χ0) is 16.7. The van der Waals surface area contributed by atoms with Crippen LogP contribution in [0.1, 0.15) is 18.5 Å².